The number of rotatable bonds is 6. The zero-order valence-electron chi connectivity index (χ0n) is 27.0. The van der Waals surface area contributed by atoms with Crippen LogP contribution in [-0.4, -0.2) is 48.0 Å². The van der Waals surface area contributed by atoms with Gasteiger partial charge in [-0.1, -0.05) is 0 Å². The molecule has 2 saturated heterocycles. The molecular weight excluding hydrogens is 662 g/mol. The number of carbonyl (C=O) groups excluding carboxylic acids is 2. The molecule has 0 radical (unpaired) electrons. The average Bonchev–Trinajstić information content (AvgIpc) is 3.12. The molecule has 0 unspecified atom stereocenters. The Morgan fingerprint density at radius 2 is 0.860 bits per heavy atom. The highest BCUT2D eigenvalue weighted by molar-refractivity contribution is 6.06. The summed E-state index contributed by atoms with van der Waals surface area (Å²) >= 11 is 0. The zero-order valence-corrected chi connectivity index (χ0v) is 27.0. The summed E-state index contributed by atoms with van der Waals surface area (Å²) in [6.07, 6.45) is 3.09. The lowest BCUT2D eigenvalue weighted by Crippen LogP contribution is -2.30. The summed E-state index contributed by atoms with van der Waals surface area (Å²) in [5, 5.41) is 5.26. The second-order valence-corrected chi connectivity index (χ2v) is 11.9. The second kappa shape index (κ2) is 16.0. The van der Waals surface area contributed by atoms with Crippen molar-refractivity contribution in [3.05, 3.63) is 108 Å². The summed E-state index contributed by atoms with van der Waals surface area (Å²) < 4.78 is 78.4. The summed E-state index contributed by atoms with van der Waals surface area (Å²) in [7, 11) is 0. The SMILES string of the molecule is O=C(Nc1cc(C(F)(F)F)ccc1N1CCCCC1)c1ccncc1.O=C(Nc1cc(C(F)(F)F)ccc1N1CCCCC1)c1ccncc1. The predicted molar refractivity (Wildman–Crippen MR) is 179 cm³/mol. The Bertz CT molecular complexity index is 1610. The quantitative estimate of drug-likeness (QED) is 0.196. The molecular formula is C36H36F6N6O2. The summed E-state index contributed by atoms with van der Waals surface area (Å²) in [4.78, 5) is 36.5. The van der Waals surface area contributed by atoms with E-state index in [0.29, 0.717) is 22.5 Å². The van der Waals surface area contributed by atoms with E-state index >= 15 is 0 Å². The van der Waals surface area contributed by atoms with E-state index in [2.05, 4.69) is 20.6 Å². The van der Waals surface area contributed by atoms with Crippen molar-refractivity contribution in [3.63, 3.8) is 0 Å². The maximum Gasteiger partial charge on any atom is 0.416 e. The fourth-order valence-electron chi connectivity index (χ4n) is 5.84. The lowest BCUT2D eigenvalue weighted by atomic mass is 10.1. The molecule has 2 amide bonds. The van der Waals surface area contributed by atoms with Crippen molar-refractivity contribution < 1.29 is 35.9 Å². The van der Waals surface area contributed by atoms with Gasteiger partial charge in [0.1, 0.15) is 0 Å². The van der Waals surface area contributed by atoms with Crippen molar-refractivity contribution in [2.45, 2.75) is 50.9 Å². The minimum Gasteiger partial charge on any atom is -0.370 e. The Kier molecular flexibility index (Phi) is 11.6. The standard InChI is InChI=1S/2C18H18F3N3O/c2*19-18(20,21)14-4-5-16(24-10-2-1-3-11-24)15(12-14)23-17(25)13-6-8-22-9-7-13/h2*4-9,12H,1-3,10-11H2,(H,23,25). The van der Waals surface area contributed by atoms with Crippen LogP contribution in [0.3, 0.4) is 0 Å². The van der Waals surface area contributed by atoms with E-state index in [1.165, 1.54) is 61.2 Å². The molecule has 0 aliphatic carbocycles. The number of nitrogens with zero attached hydrogens (tertiary/aromatic N) is 4. The van der Waals surface area contributed by atoms with Gasteiger partial charge in [0.2, 0.25) is 0 Å². The number of hydrogen-bond acceptors (Lipinski definition) is 6. The summed E-state index contributed by atoms with van der Waals surface area (Å²) in [6.45, 7) is 3.07. The van der Waals surface area contributed by atoms with Crippen LogP contribution in [0.4, 0.5) is 49.1 Å². The van der Waals surface area contributed by atoms with Gasteiger partial charge in [-0.3, -0.25) is 19.6 Å². The molecule has 6 rings (SSSR count). The van der Waals surface area contributed by atoms with Crippen LogP contribution in [0.25, 0.3) is 0 Å². The van der Waals surface area contributed by atoms with Crippen molar-refractivity contribution >= 4 is 34.6 Å². The molecule has 0 spiro atoms. The molecule has 4 aromatic rings. The molecule has 2 fully saturated rings. The summed E-state index contributed by atoms with van der Waals surface area (Å²) in [5.41, 5.74) is 0.730. The van der Waals surface area contributed by atoms with Crippen LogP contribution < -0.4 is 20.4 Å². The Morgan fingerprint density at radius 3 is 1.18 bits per heavy atom. The highest BCUT2D eigenvalue weighted by Gasteiger charge is 2.33. The number of hydrogen-bond donors (Lipinski definition) is 2. The van der Waals surface area contributed by atoms with Crippen molar-refractivity contribution in [2.75, 3.05) is 46.6 Å². The molecule has 2 aromatic carbocycles. The Hall–Kier alpha value is -5.14. The number of alkyl halides is 6. The number of benzene rings is 2. The third-order valence-corrected chi connectivity index (χ3v) is 8.42. The van der Waals surface area contributed by atoms with Gasteiger partial charge in [0.15, 0.2) is 0 Å². The molecule has 4 heterocycles. The normalized spacial score (nSPS) is 15.1. The highest BCUT2D eigenvalue weighted by Crippen LogP contribution is 2.38. The van der Waals surface area contributed by atoms with Crippen molar-refractivity contribution in [2.24, 2.45) is 0 Å². The number of aromatic nitrogens is 2. The number of amides is 2. The fourth-order valence-corrected chi connectivity index (χ4v) is 5.84. The molecule has 0 atom stereocenters. The molecule has 0 bridgehead atoms. The Labute approximate surface area is 285 Å². The van der Waals surface area contributed by atoms with E-state index in [0.717, 1.165) is 89.0 Å². The van der Waals surface area contributed by atoms with Gasteiger partial charge in [-0.05, 0) is 99.2 Å². The summed E-state index contributed by atoms with van der Waals surface area (Å²) in [5.74, 6) is -0.917. The number of nitrogens with one attached hydrogen (secondary N) is 2. The van der Waals surface area contributed by atoms with Crippen molar-refractivity contribution in [1.29, 1.82) is 0 Å². The third kappa shape index (κ3) is 9.51. The van der Waals surface area contributed by atoms with E-state index in [9.17, 15) is 35.9 Å². The Morgan fingerprint density at radius 1 is 0.520 bits per heavy atom. The first-order chi connectivity index (χ1) is 23.9. The number of carbonyl (C=O) groups is 2. The Balaban J connectivity index is 0.000000194. The molecule has 2 N–H and O–H groups in total. The van der Waals surface area contributed by atoms with Crippen LogP contribution in [-0.2, 0) is 12.4 Å². The number of pyridine rings is 2. The minimum atomic E-state index is -4.46. The van der Waals surface area contributed by atoms with Crippen LogP contribution in [0.15, 0.2) is 85.5 Å². The molecule has 2 aliphatic heterocycles. The highest BCUT2D eigenvalue weighted by atomic mass is 19.4. The number of anilines is 4. The first kappa shape index (κ1) is 36.1. The summed E-state index contributed by atoms with van der Waals surface area (Å²) in [6, 6.07) is 13.1. The predicted octanol–water partition coefficient (Wildman–Crippen LogP) is 8.69. The second-order valence-electron chi connectivity index (χ2n) is 11.9. The van der Waals surface area contributed by atoms with E-state index in [1.807, 2.05) is 9.80 Å². The molecule has 2 aromatic heterocycles. The van der Waals surface area contributed by atoms with Crippen LogP contribution in [0.1, 0.15) is 70.4 Å². The molecule has 0 saturated carbocycles. The largest absolute Gasteiger partial charge is 0.416 e. The average molecular weight is 699 g/mol. The van der Waals surface area contributed by atoms with Gasteiger partial charge >= 0.3 is 12.4 Å². The van der Waals surface area contributed by atoms with Gasteiger partial charge in [-0.25, -0.2) is 0 Å². The van der Waals surface area contributed by atoms with Gasteiger partial charge < -0.3 is 20.4 Å². The van der Waals surface area contributed by atoms with Crippen LogP contribution in [0.5, 0.6) is 0 Å². The first-order valence-corrected chi connectivity index (χ1v) is 16.3. The van der Waals surface area contributed by atoms with Gasteiger partial charge in [0, 0.05) is 62.1 Å². The lowest BCUT2D eigenvalue weighted by Gasteiger charge is -2.31. The molecule has 14 heteroatoms. The van der Waals surface area contributed by atoms with E-state index in [1.54, 1.807) is 0 Å². The fraction of sp³-hybridized carbons (Fsp3) is 0.333. The van der Waals surface area contributed by atoms with Gasteiger partial charge in [0.05, 0.1) is 33.9 Å². The smallest absolute Gasteiger partial charge is 0.370 e. The number of piperidine rings is 2. The third-order valence-electron chi connectivity index (χ3n) is 8.42. The molecule has 264 valence electrons. The van der Waals surface area contributed by atoms with E-state index in [4.69, 9.17) is 0 Å². The zero-order chi connectivity index (χ0) is 35.7. The van der Waals surface area contributed by atoms with E-state index in [-0.39, 0.29) is 11.4 Å². The maximum absolute atomic E-state index is 13.1. The first-order valence-electron chi connectivity index (χ1n) is 16.3. The van der Waals surface area contributed by atoms with Crippen LogP contribution in [0, 0.1) is 0 Å². The van der Waals surface area contributed by atoms with Crippen molar-refractivity contribution in [1.82, 2.24) is 9.97 Å². The molecule has 50 heavy (non-hydrogen) atoms. The van der Waals surface area contributed by atoms with E-state index < -0.39 is 35.3 Å². The monoisotopic (exact) mass is 698 g/mol. The van der Waals surface area contributed by atoms with Crippen LogP contribution in [0.2, 0.25) is 0 Å². The van der Waals surface area contributed by atoms with Gasteiger partial charge in [0.25, 0.3) is 11.8 Å². The number of halogens is 6. The van der Waals surface area contributed by atoms with Gasteiger partial charge in [-0.15, -0.1) is 0 Å². The van der Waals surface area contributed by atoms with Crippen LogP contribution >= 0.6 is 0 Å². The minimum absolute atomic E-state index is 0.179. The topological polar surface area (TPSA) is 90.5 Å². The molecule has 8 nitrogen and oxygen atoms in total. The molecule has 2 aliphatic rings. The maximum atomic E-state index is 13.1. The van der Waals surface area contributed by atoms with Crippen molar-refractivity contribution in [3.8, 4) is 0 Å². The lowest BCUT2D eigenvalue weighted by molar-refractivity contribution is -0.138. The van der Waals surface area contributed by atoms with Gasteiger partial charge in [-0.2, -0.15) is 26.3 Å².